The molecule has 1 saturated carbocycles. The monoisotopic (exact) mass is 223 g/mol. The molecule has 0 bridgehead atoms. The van der Waals surface area contributed by atoms with Crippen molar-refractivity contribution in [2.75, 3.05) is 7.11 Å². The van der Waals surface area contributed by atoms with Gasteiger partial charge in [-0.15, -0.1) is 0 Å². The average Bonchev–Trinajstić information content (AvgIpc) is 2.86. The Morgan fingerprint density at radius 3 is 2.62 bits per heavy atom. The van der Waals surface area contributed by atoms with Gasteiger partial charge >= 0.3 is 0 Å². The minimum absolute atomic E-state index is 0.138. The number of rotatable bonds is 3. The first kappa shape index (κ1) is 11.4. The van der Waals surface area contributed by atoms with Gasteiger partial charge in [-0.05, 0) is 36.0 Å². The van der Waals surface area contributed by atoms with E-state index in [0.29, 0.717) is 11.7 Å². The first-order valence-corrected chi connectivity index (χ1v) is 5.55. The number of nitrogens with two attached hydrogens (primary N) is 1. The van der Waals surface area contributed by atoms with Crippen LogP contribution in [-0.2, 0) is 0 Å². The van der Waals surface area contributed by atoms with Crippen molar-refractivity contribution in [3.8, 4) is 5.75 Å². The average molecular weight is 223 g/mol. The molecule has 2 unspecified atom stereocenters. The van der Waals surface area contributed by atoms with E-state index >= 15 is 0 Å². The van der Waals surface area contributed by atoms with Crippen molar-refractivity contribution < 1.29 is 9.13 Å². The third-order valence-electron chi connectivity index (χ3n) is 3.57. The van der Waals surface area contributed by atoms with Crippen molar-refractivity contribution in [1.82, 2.24) is 0 Å². The van der Waals surface area contributed by atoms with Crippen LogP contribution in [0.4, 0.5) is 4.39 Å². The number of ether oxygens (including phenoxy) is 1. The molecule has 2 atom stereocenters. The van der Waals surface area contributed by atoms with Gasteiger partial charge in [0, 0.05) is 11.6 Å². The van der Waals surface area contributed by atoms with Crippen LogP contribution in [0.25, 0.3) is 0 Å². The smallest absolute Gasteiger partial charge is 0.123 e. The first-order valence-electron chi connectivity index (χ1n) is 5.55. The first-order chi connectivity index (χ1) is 7.45. The Kier molecular flexibility index (Phi) is 2.66. The SMILES string of the molecule is COc1ccc(F)cc1C(N)C1CC1(C)C. The Hall–Kier alpha value is -1.09. The van der Waals surface area contributed by atoms with Crippen molar-refractivity contribution in [2.24, 2.45) is 17.1 Å². The highest BCUT2D eigenvalue weighted by atomic mass is 19.1. The molecule has 0 aromatic heterocycles. The zero-order valence-electron chi connectivity index (χ0n) is 9.96. The maximum atomic E-state index is 13.2. The van der Waals surface area contributed by atoms with Crippen molar-refractivity contribution in [3.05, 3.63) is 29.6 Å². The van der Waals surface area contributed by atoms with E-state index in [0.717, 1.165) is 12.0 Å². The predicted molar refractivity (Wildman–Crippen MR) is 61.8 cm³/mol. The van der Waals surface area contributed by atoms with Gasteiger partial charge in [0.25, 0.3) is 0 Å². The molecule has 2 rings (SSSR count). The second-order valence-electron chi connectivity index (χ2n) is 5.21. The summed E-state index contributed by atoms with van der Waals surface area (Å²) in [4.78, 5) is 0. The molecule has 88 valence electrons. The predicted octanol–water partition coefficient (Wildman–Crippen LogP) is 2.88. The van der Waals surface area contributed by atoms with Gasteiger partial charge in [0.2, 0.25) is 0 Å². The lowest BCUT2D eigenvalue weighted by atomic mass is 9.97. The van der Waals surface area contributed by atoms with Crippen LogP contribution in [-0.4, -0.2) is 7.11 Å². The molecule has 1 aliphatic carbocycles. The van der Waals surface area contributed by atoms with Crippen LogP contribution >= 0.6 is 0 Å². The maximum absolute atomic E-state index is 13.2. The van der Waals surface area contributed by atoms with Crippen LogP contribution in [0.15, 0.2) is 18.2 Å². The lowest BCUT2D eigenvalue weighted by Gasteiger charge is -2.17. The second-order valence-corrected chi connectivity index (χ2v) is 5.21. The van der Waals surface area contributed by atoms with E-state index in [4.69, 9.17) is 10.5 Å². The fourth-order valence-electron chi connectivity index (χ4n) is 2.30. The summed E-state index contributed by atoms with van der Waals surface area (Å²) in [6, 6.07) is 4.38. The number of benzene rings is 1. The van der Waals surface area contributed by atoms with Crippen LogP contribution in [0, 0.1) is 17.2 Å². The quantitative estimate of drug-likeness (QED) is 0.855. The molecule has 1 aliphatic rings. The van der Waals surface area contributed by atoms with E-state index < -0.39 is 0 Å². The fraction of sp³-hybridized carbons (Fsp3) is 0.538. The Labute approximate surface area is 95.6 Å². The summed E-state index contributed by atoms with van der Waals surface area (Å²) >= 11 is 0. The van der Waals surface area contributed by atoms with Gasteiger partial charge in [-0.1, -0.05) is 13.8 Å². The van der Waals surface area contributed by atoms with Crippen molar-refractivity contribution in [1.29, 1.82) is 0 Å². The molecule has 2 N–H and O–H groups in total. The lowest BCUT2D eigenvalue weighted by Crippen LogP contribution is -2.16. The Balaban J connectivity index is 2.29. The van der Waals surface area contributed by atoms with Crippen LogP contribution in [0.1, 0.15) is 31.9 Å². The standard InChI is InChI=1S/C13H18FNO/c1-13(2)7-10(13)12(15)9-6-8(14)4-5-11(9)16-3/h4-6,10,12H,7,15H2,1-3H3. The number of halogens is 1. The Morgan fingerprint density at radius 1 is 1.50 bits per heavy atom. The molecule has 3 heteroatoms. The highest BCUT2D eigenvalue weighted by Crippen LogP contribution is 2.57. The Morgan fingerprint density at radius 2 is 2.12 bits per heavy atom. The highest BCUT2D eigenvalue weighted by Gasteiger charge is 2.49. The van der Waals surface area contributed by atoms with E-state index in [1.54, 1.807) is 13.2 Å². The second kappa shape index (κ2) is 3.74. The van der Waals surface area contributed by atoms with Crippen LogP contribution in [0.2, 0.25) is 0 Å². The van der Waals surface area contributed by atoms with Crippen LogP contribution < -0.4 is 10.5 Å². The molecule has 1 aromatic rings. The van der Waals surface area contributed by atoms with Gasteiger partial charge in [0.15, 0.2) is 0 Å². The molecule has 16 heavy (non-hydrogen) atoms. The number of hydrogen-bond donors (Lipinski definition) is 1. The van der Waals surface area contributed by atoms with Crippen molar-refractivity contribution >= 4 is 0 Å². The Bertz CT molecular complexity index is 403. The summed E-state index contributed by atoms with van der Waals surface area (Å²) in [6.45, 7) is 4.37. The van der Waals surface area contributed by atoms with E-state index in [1.807, 2.05) is 0 Å². The topological polar surface area (TPSA) is 35.2 Å². The minimum Gasteiger partial charge on any atom is -0.496 e. The zero-order chi connectivity index (χ0) is 11.9. The van der Waals surface area contributed by atoms with E-state index in [9.17, 15) is 4.39 Å². The summed E-state index contributed by atoms with van der Waals surface area (Å²) in [5.74, 6) is 0.838. The van der Waals surface area contributed by atoms with Crippen molar-refractivity contribution in [2.45, 2.75) is 26.3 Å². The van der Waals surface area contributed by atoms with Gasteiger partial charge in [0.05, 0.1) is 7.11 Å². The van der Waals surface area contributed by atoms with E-state index in [-0.39, 0.29) is 17.3 Å². The zero-order valence-corrected chi connectivity index (χ0v) is 9.96. The summed E-state index contributed by atoms with van der Waals surface area (Å²) in [6.07, 6.45) is 1.09. The van der Waals surface area contributed by atoms with Crippen LogP contribution in [0.5, 0.6) is 5.75 Å². The molecule has 1 fully saturated rings. The number of methoxy groups -OCH3 is 1. The summed E-state index contributed by atoms with van der Waals surface area (Å²) in [5, 5.41) is 0. The van der Waals surface area contributed by atoms with Gasteiger partial charge in [-0.3, -0.25) is 0 Å². The summed E-state index contributed by atoms with van der Waals surface area (Å²) in [7, 11) is 1.58. The van der Waals surface area contributed by atoms with Gasteiger partial charge in [0.1, 0.15) is 11.6 Å². The molecule has 0 spiro atoms. The molecular formula is C13H18FNO. The lowest BCUT2D eigenvalue weighted by molar-refractivity contribution is 0.395. The maximum Gasteiger partial charge on any atom is 0.123 e. The summed E-state index contributed by atoms with van der Waals surface area (Å²) in [5.41, 5.74) is 7.23. The molecular weight excluding hydrogens is 205 g/mol. The third kappa shape index (κ3) is 1.92. The summed E-state index contributed by atoms with van der Waals surface area (Å²) < 4.78 is 18.4. The molecule has 0 saturated heterocycles. The molecule has 0 amide bonds. The van der Waals surface area contributed by atoms with Gasteiger partial charge in [-0.2, -0.15) is 0 Å². The normalized spacial score (nSPS) is 23.9. The van der Waals surface area contributed by atoms with Gasteiger partial charge < -0.3 is 10.5 Å². The third-order valence-corrected chi connectivity index (χ3v) is 3.57. The largest absolute Gasteiger partial charge is 0.496 e. The van der Waals surface area contributed by atoms with E-state index in [1.165, 1.54) is 12.1 Å². The minimum atomic E-state index is -0.260. The fourth-order valence-corrected chi connectivity index (χ4v) is 2.30. The van der Waals surface area contributed by atoms with Crippen LogP contribution in [0.3, 0.4) is 0 Å². The van der Waals surface area contributed by atoms with E-state index in [2.05, 4.69) is 13.8 Å². The molecule has 1 aromatic carbocycles. The highest BCUT2D eigenvalue weighted by molar-refractivity contribution is 5.37. The molecule has 2 nitrogen and oxygen atoms in total. The molecule has 0 heterocycles. The van der Waals surface area contributed by atoms with Gasteiger partial charge in [-0.25, -0.2) is 4.39 Å². The number of hydrogen-bond acceptors (Lipinski definition) is 2. The molecule has 0 radical (unpaired) electrons. The molecule has 0 aliphatic heterocycles. The van der Waals surface area contributed by atoms with Crippen molar-refractivity contribution in [3.63, 3.8) is 0 Å².